The van der Waals surface area contributed by atoms with Gasteiger partial charge in [0.1, 0.15) is 5.82 Å². The Kier molecular flexibility index (Phi) is 6.34. The molecule has 1 saturated heterocycles. The molecule has 24 heavy (non-hydrogen) atoms. The summed E-state index contributed by atoms with van der Waals surface area (Å²) in [6.07, 6.45) is 6.01. The minimum atomic E-state index is -0.243. The zero-order valence-electron chi connectivity index (χ0n) is 13.8. The molecular weight excluding hydrogens is 309 g/mol. The summed E-state index contributed by atoms with van der Waals surface area (Å²) in [5.74, 6) is -0.243. The lowest BCUT2D eigenvalue weighted by molar-refractivity contribution is -0.162. The van der Waals surface area contributed by atoms with Gasteiger partial charge in [-0.15, -0.1) is 0 Å². The van der Waals surface area contributed by atoms with Crippen molar-refractivity contribution in [1.82, 2.24) is 15.1 Å². The Morgan fingerprint density at radius 2 is 2.12 bits per heavy atom. The summed E-state index contributed by atoms with van der Waals surface area (Å²) in [5, 5.41) is 7.70. The van der Waals surface area contributed by atoms with E-state index in [0.717, 1.165) is 43.8 Å². The van der Waals surface area contributed by atoms with Gasteiger partial charge in [0.25, 0.3) is 0 Å². The van der Waals surface area contributed by atoms with Gasteiger partial charge in [-0.2, -0.15) is 5.10 Å². The predicted octanol–water partition coefficient (Wildman–Crippen LogP) is 3.03. The quantitative estimate of drug-likeness (QED) is 0.755. The average Bonchev–Trinajstić information content (AvgIpc) is 3.08. The SMILES string of the molecule is Fc1ccc(-n2nccc2CNCCCO[C@H]2CCCCO2)cc1. The summed E-state index contributed by atoms with van der Waals surface area (Å²) in [7, 11) is 0. The van der Waals surface area contributed by atoms with E-state index >= 15 is 0 Å². The molecule has 2 aromatic rings. The molecule has 0 saturated carbocycles. The maximum Gasteiger partial charge on any atom is 0.157 e. The number of hydrogen-bond acceptors (Lipinski definition) is 4. The van der Waals surface area contributed by atoms with Crippen LogP contribution in [0.5, 0.6) is 0 Å². The average molecular weight is 333 g/mol. The lowest BCUT2D eigenvalue weighted by Gasteiger charge is -2.22. The van der Waals surface area contributed by atoms with Gasteiger partial charge in [0.15, 0.2) is 6.29 Å². The van der Waals surface area contributed by atoms with Crippen LogP contribution in [0.4, 0.5) is 4.39 Å². The molecule has 0 amide bonds. The zero-order chi connectivity index (χ0) is 16.6. The van der Waals surface area contributed by atoms with Crippen molar-refractivity contribution in [2.45, 2.75) is 38.5 Å². The highest BCUT2D eigenvalue weighted by Gasteiger charge is 2.13. The van der Waals surface area contributed by atoms with E-state index in [-0.39, 0.29) is 12.1 Å². The first kappa shape index (κ1) is 17.1. The highest BCUT2D eigenvalue weighted by molar-refractivity contribution is 5.32. The monoisotopic (exact) mass is 333 g/mol. The van der Waals surface area contributed by atoms with Crippen molar-refractivity contribution in [3.63, 3.8) is 0 Å². The van der Waals surface area contributed by atoms with E-state index in [4.69, 9.17) is 9.47 Å². The lowest BCUT2D eigenvalue weighted by Crippen LogP contribution is -2.24. The minimum absolute atomic E-state index is 0.0151. The summed E-state index contributed by atoms with van der Waals surface area (Å²) in [4.78, 5) is 0. The molecule has 1 aliphatic rings. The third-order valence-corrected chi connectivity index (χ3v) is 4.04. The number of benzene rings is 1. The third-order valence-electron chi connectivity index (χ3n) is 4.04. The van der Waals surface area contributed by atoms with Gasteiger partial charge in [-0.05, 0) is 62.6 Å². The van der Waals surface area contributed by atoms with Crippen LogP contribution in [0.2, 0.25) is 0 Å². The van der Waals surface area contributed by atoms with Crippen LogP contribution < -0.4 is 5.32 Å². The Morgan fingerprint density at radius 3 is 2.92 bits per heavy atom. The Balaban J connectivity index is 1.38. The van der Waals surface area contributed by atoms with Crippen molar-refractivity contribution in [2.75, 3.05) is 19.8 Å². The first-order chi connectivity index (χ1) is 11.8. The van der Waals surface area contributed by atoms with E-state index in [2.05, 4.69) is 10.4 Å². The largest absolute Gasteiger partial charge is 0.353 e. The van der Waals surface area contributed by atoms with Gasteiger partial charge in [-0.1, -0.05) is 0 Å². The number of rotatable bonds is 8. The fourth-order valence-electron chi connectivity index (χ4n) is 2.75. The van der Waals surface area contributed by atoms with Gasteiger partial charge in [0.2, 0.25) is 0 Å². The van der Waals surface area contributed by atoms with Crippen molar-refractivity contribution in [1.29, 1.82) is 0 Å². The van der Waals surface area contributed by atoms with Crippen molar-refractivity contribution >= 4 is 0 Å². The molecule has 5 nitrogen and oxygen atoms in total. The van der Waals surface area contributed by atoms with Gasteiger partial charge in [0, 0.05) is 19.3 Å². The molecule has 130 valence electrons. The van der Waals surface area contributed by atoms with Crippen LogP contribution in [-0.4, -0.2) is 35.8 Å². The van der Waals surface area contributed by atoms with E-state index < -0.39 is 0 Å². The summed E-state index contributed by atoms with van der Waals surface area (Å²) in [5.41, 5.74) is 1.90. The van der Waals surface area contributed by atoms with Gasteiger partial charge in [-0.25, -0.2) is 9.07 Å². The normalized spacial score (nSPS) is 18.0. The highest BCUT2D eigenvalue weighted by Crippen LogP contribution is 2.14. The molecule has 0 bridgehead atoms. The molecule has 1 aromatic carbocycles. The Bertz CT molecular complexity index is 609. The van der Waals surface area contributed by atoms with Crippen molar-refractivity contribution in [3.05, 3.63) is 48.0 Å². The van der Waals surface area contributed by atoms with E-state index in [1.165, 1.54) is 18.6 Å². The number of ether oxygens (including phenoxy) is 2. The molecule has 0 unspecified atom stereocenters. The molecule has 0 spiro atoms. The number of aromatic nitrogens is 2. The van der Waals surface area contributed by atoms with Crippen molar-refractivity contribution < 1.29 is 13.9 Å². The topological polar surface area (TPSA) is 48.3 Å². The molecule has 0 radical (unpaired) electrons. The molecular formula is C18H24FN3O2. The van der Waals surface area contributed by atoms with E-state index in [0.29, 0.717) is 13.2 Å². The van der Waals surface area contributed by atoms with Crippen LogP contribution in [0.3, 0.4) is 0 Å². The molecule has 1 N–H and O–H groups in total. The Morgan fingerprint density at radius 1 is 1.25 bits per heavy atom. The zero-order valence-corrected chi connectivity index (χ0v) is 13.8. The second kappa shape index (κ2) is 8.92. The van der Waals surface area contributed by atoms with Gasteiger partial charge in [0.05, 0.1) is 18.0 Å². The maximum absolute atomic E-state index is 13.0. The van der Waals surface area contributed by atoms with Crippen LogP contribution in [0, 0.1) is 5.82 Å². The van der Waals surface area contributed by atoms with Crippen LogP contribution in [0.15, 0.2) is 36.5 Å². The molecule has 0 aliphatic carbocycles. The molecule has 6 heteroatoms. The van der Waals surface area contributed by atoms with Crippen molar-refractivity contribution in [3.8, 4) is 5.69 Å². The fourth-order valence-corrected chi connectivity index (χ4v) is 2.75. The third kappa shape index (κ3) is 4.87. The maximum atomic E-state index is 13.0. The molecule has 1 atom stereocenters. The number of nitrogens with zero attached hydrogens (tertiary/aromatic N) is 2. The van der Waals surface area contributed by atoms with Gasteiger partial charge >= 0.3 is 0 Å². The minimum Gasteiger partial charge on any atom is -0.353 e. The summed E-state index contributed by atoms with van der Waals surface area (Å²) in [6, 6.07) is 8.30. The van der Waals surface area contributed by atoms with Gasteiger partial charge < -0.3 is 14.8 Å². The first-order valence-corrected chi connectivity index (χ1v) is 8.56. The second-order valence-corrected chi connectivity index (χ2v) is 5.91. The molecule has 2 heterocycles. The summed E-state index contributed by atoms with van der Waals surface area (Å²) >= 11 is 0. The van der Waals surface area contributed by atoms with Gasteiger partial charge in [-0.3, -0.25) is 0 Å². The number of nitrogens with one attached hydrogen (secondary N) is 1. The number of halogens is 1. The highest BCUT2D eigenvalue weighted by atomic mass is 19.1. The lowest BCUT2D eigenvalue weighted by atomic mass is 10.2. The molecule has 1 fully saturated rings. The van der Waals surface area contributed by atoms with E-state index in [1.54, 1.807) is 18.3 Å². The molecule has 1 aromatic heterocycles. The first-order valence-electron chi connectivity index (χ1n) is 8.56. The summed E-state index contributed by atoms with van der Waals surface area (Å²) < 4.78 is 26.1. The predicted molar refractivity (Wildman–Crippen MR) is 89.4 cm³/mol. The van der Waals surface area contributed by atoms with Crippen molar-refractivity contribution in [2.24, 2.45) is 0 Å². The van der Waals surface area contributed by atoms with Crippen LogP contribution in [0.25, 0.3) is 5.69 Å². The van der Waals surface area contributed by atoms with Crippen LogP contribution >= 0.6 is 0 Å². The Labute approximate surface area is 141 Å². The Hall–Kier alpha value is -1.76. The number of hydrogen-bond donors (Lipinski definition) is 1. The standard InChI is InChI=1S/C18H24FN3O2/c19-15-5-7-16(8-6-15)22-17(9-11-21-22)14-20-10-3-13-24-18-4-1-2-12-23-18/h5-9,11,18,20H,1-4,10,12-14H2/t18-/m0/s1. The van der Waals surface area contributed by atoms with Crippen LogP contribution in [-0.2, 0) is 16.0 Å². The second-order valence-electron chi connectivity index (χ2n) is 5.91. The smallest absolute Gasteiger partial charge is 0.157 e. The van der Waals surface area contributed by atoms with Crippen LogP contribution in [0.1, 0.15) is 31.4 Å². The summed E-state index contributed by atoms with van der Waals surface area (Å²) in [6.45, 7) is 3.09. The van der Waals surface area contributed by atoms with E-state index in [9.17, 15) is 4.39 Å². The molecule has 3 rings (SSSR count). The van der Waals surface area contributed by atoms with E-state index in [1.807, 2.05) is 10.7 Å². The fraction of sp³-hybridized carbons (Fsp3) is 0.500. The molecule has 1 aliphatic heterocycles.